The van der Waals surface area contributed by atoms with Gasteiger partial charge in [-0.25, -0.2) is 0 Å². The first-order valence-electron chi connectivity index (χ1n) is 3.28. The Bertz CT molecular complexity index is 235. The van der Waals surface area contributed by atoms with E-state index < -0.39 is 0 Å². The van der Waals surface area contributed by atoms with Crippen molar-refractivity contribution in [1.82, 2.24) is 0 Å². The summed E-state index contributed by atoms with van der Waals surface area (Å²) in [7, 11) is 3.91. The Kier molecular flexibility index (Phi) is 1.85. The van der Waals surface area contributed by atoms with Crippen molar-refractivity contribution in [2.75, 3.05) is 18.1 Å². The lowest BCUT2D eigenvalue weighted by molar-refractivity contribution is 1.52. The van der Waals surface area contributed by atoms with E-state index in [1.807, 2.05) is 33.1 Å². The smallest absolute Gasteiger partial charge is 0.139 e. The molecule has 0 unspecified atom stereocenters. The van der Waals surface area contributed by atoms with Gasteiger partial charge in [0.15, 0.2) is 0 Å². The molecule has 0 heterocycles. The third-order valence-electron chi connectivity index (χ3n) is 1.48. The second-order valence-corrected chi connectivity index (χ2v) is 2.34. The van der Waals surface area contributed by atoms with E-state index >= 15 is 0 Å². The van der Waals surface area contributed by atoms with Gasteiger partial charge in [-0.15, -0.1) is 0 Å². The second-order valence-electron chi connectivity index (χ2n) is 2.34. The molecule has 0 atom stereocenters. The maximum atomic E-state index is 5.64. The van der Waals surface area contributed by atoms with Crippen molar-refractivity contribution in [1.29, 1.82) is 0 Å². The molecular formula is C7H11BN2. The van der Waals surface area contributed by atoms with E-state index in [1.54, 1.807) is 0 Å². The highest BCUT2D eigenvalue weighted by molar-refractivity contribution is 6.32. The Morgan fingerprint density at radius 1 is 1.50 bits per heavy atom. The lowest BCUT2D eigenvalue weighted by Gasteiger charge is -2.04. The van der Waals surface area contributed by atoms with Crippen LogP contribution in [0.2, 0.25) is 0 Å². The van der Waals surface area contributed by atoms with Crippen LogP contribution in [0.1, 0.15) is 0 Å². The summed E-state index contributed by atoms with van der Waals surface area (Å²) >= 11 is 0. The average Bonchev–Trinajstić information content (AvgIpc) is 1.94. The van der Waals surface area contributed by atoms with Gasteiger partial charge in [0.1, 0.15) is 7.85 Å². The van der Waals surface area contributed by atoms with Gasteiger partial charge in [0.2, 0.25) is 0 Å². The summed E-state index contributed by atoms with van der Waals surface area (Å²) < 4.78 is 0. The van der Waals surface area contributed by atoms with E-state index in [0.29, 0.717) is 0 Å². The highest BCUT2D eigenvalue weighted by Crippen LogP contribution is 2.13. The first-order chi connectivity index (χ1) is 4.74. The molecule has 1 aromatic carbocycles. The third kappa shape index (κ3) is 1.24. The summed E-state index contributed by atoms with van der Waals surface area (Å²) in [6.45, 7) is 0. The van der Waals surface area contributed by atoms with Crippen molar-refractivity contribution in [3.8, 4) is 0 Å². The van der Waals surface area contributed by atoms with Crippen LogP contribution in [0.4, 0.5) is 11.4 Å². The number of nitrogen functional groups attached to an aromatic ring is 1. The van der Waals surface area contributed by atoms with E-state index in [4.69, 9.17) is 5.73 Å². The van der Waals surface area contributed by atoms with Crippen LogP contribution in [-0.4, -0.2) is 14.9 Å². The molecule has 0 saturated heterocycles. The predicted octanol–water partition coefficient (Wildman–Crippen LogP) is -0.431. The van der Waals surface area contributed by atoms with Crippen molar-refractivity contribution in [2.24, 2.45) is 0 Å². The molecule has 3 N–H and O–H groups in total. The molecule has 1 aromatic rings. The first-order valence-corrected chi connectivity index (χ1v) is 3.28. The fourth-order valence-corrected chi connectivity index (χ4v) is 0.887. The molecule has 2 nitrogen and oxygen atoms in total. The number of anilines is 2. The molecule has 1 rings (SSSR count). The molecule has 0 aliphatic rings. The predicted molar refractivity (Wildman–Crippen MR) is 48.6 cm³/mol. The molecule has 3 heteroatoms. The molecule has 0 saturated carbocycles. The third-order valence-corrected chi connectivity index (χ3v) is 1.48. The zero-order valence-corrected chi connectivity index (χ0v) is 6.31. The van der Waals surface area contributed by atoms with Gasteiger partial charge in [0.25, 0.3) is 0 Å². The topological polar surface area (TPSA) is 38.0 Å². The lowest BCUT2D eigenvalue weighted by Crippen LogP contribution is -2.05. The molecule has 52 valence electrons. The van der Waals surface area contributed by atoms with Crippen LogP contribution in [0, 0.1) is 0 Å². The number of nitrogens with two attached hydrogens (primary N) is 1. The maximum absolute atomic E-state index is 5.64. The molecule has 0 amide bonds. The highest BCUT2D eigenvalue weighted by Gasteiger charge is 1.93. The van der Waals surface area contributed by atoms with Gasteiger partial charge in [0, 0.05) is 7.05 Å². The van der Waals surface area contributed by atoms with Gasteiger partial charge in [0.05, 0.1) is 11.4 Å². The SMILES string of the molecule is Bc1ccc(N)c(NC)c1. The number of hydrogen-bond donors (Lipinski definition) is 2. The fourth-order valence-electron chi connectivity index (χ4n) is 0.887. The minimum atomic E-state index is 0.799. The molecular weight excluding hydrogens is 123 g/mol. The van der Waals surface area contributed by atoms with Crippen LogP contribution in [0.3, 0.4) is 0 Å². The van der Waals surface area contributed by atoms with E-state index in [0.717, 1.165) is 11.4 Å². The van der Waals surface area contributed by atoms with Gasteiger partial charge in [-0.3, -0.25) is 0 Å². The molecule has 0 spiro atoms. The number of benzene rings is 1. The summed E-state index contributed by atoms with van der Waals surface area (Å²) in [4.78, 5) is 0. The highest BCUT2D eigenvalue weighted by atomic mass is 14.8. The largest absolute Gasteiger partial charge is 0.397 e. The van der Waals surface area contributed by atoms with Crippen molar-refractivity contribution >= 4 is 24.7 Å². The van der Waals surface area contributed by atoms with Gasteiger partial charge < -0.3 is 11.1 Å². The van der Waals surface area contributed by atoms with Crippen LogP contribution in [0.5, 0.6) is 0 Å². The van der Waals surface area contributed by atoms with Gasteiger partial charge in [-0.1, -0.05) is 11.5 Å². The maximum Gasteiger partial charge on any atom is 0.139 e. The summed E-state index contributed by atoms with van der Waals surface area (Å²) in [6.07, 6.45) is 0. The van der Waals surface area contributed by atoms with Gasteiger partial charge >= 0.3 is 0 Å². The molecule has 0 fully saturated rings. The van der Waals surface area contributed by atoms with Crippen LogP contribution >= 0.6 is 0 Å². The lowest BCUT2D eigenvalue weighted by atomic mass is 9.95. The monoisotopic (exact) mass is 134 g/mol. The summed E-state index contributed by atoms with van der Waals surface area (Å²) in [6, 6.07) is 5.92. The molecule has 0 aliphatic heterocycles. The standard InChI is InChI=1S/C7H11BN2/c1-10-7-4-5(8)2-3-6(7)9/h2-4,10H,8-9H2,1H3. The fraction of sp³-hybridized carbons (Fsp3) is 0.143. The van der Waals surface area contributed by atoms with E-state index in [1.165, 1.54) is 5.46 Å². The Balaban J connectivity index is 3.09. The minimum absolute atomic E-state index is 0.799. The second kappa shape index (κ2) is 2.65. The number of nitrogens with one attached hydrogen (secondary N) is 1. The first kappa shape index (κ1) is 7.00. The van der Waals surface area contributed by atoms with Crippen LogP contribution in [0.15, 0.2) is 18.2 Å². The number of rotatable bonds is 1. The van der Waals surface area contributed by atoms with Crippen molar-refractivity contribution < 1.29 is 0 Å². The Hall–Kier alpha value is -1.12. The van der Waals surface area contributed by atoms with E-state index in [9.17, 15) is 0 Å². The Labute approximate surface area is 61.8 Å². The normalized spacial score (nSPS) is 9.30. The van der Waals surface area contributed by atoms with E-state index in [-0.39, 0.29) is 0 Å². The quantitative estimate of drug-likeness (QED) is 0.404. The molecule has 0 radical (unpaired) electrons. The summed E-state index contributed by atoms with van der Waals surface area (Å²) in [5.74, 6) is 0. The van der Waals surface area contributed by atoms with E-state index in [2.05, 4.69) is 5.32 Å². The number of hydrogen-bond acceptors (Lipinski definition) is 2. The van der Waals surface area contributed by atoms with Gasteiger partial charge in [-0.2, -0.15) is 0 Å². The van der Waals surface area contributed by atoms with Gasteiger partial charge in [-0.05, 0) is 12.1 Å². The molecule has 0 aliphatic carbocycles. The molecule has 0 bridgehead atoms. The zero-order chi connectivity index (χ0) is 7.56. The Morgan fingerprint density at radius 2 is 2.20 bits per heavy atom. The van der Waals surface area contributed by atoms with Crippen LogP contribution in [-0.2, 0) is 0 Å². The van der Waals surface area contributed by atoms with Crippen LogP contribution in [0.25, 0.3) is 0 Å². The van der Waals surface area contributed by atoms with Crippen molar-refractivity contribution in [3.05, 3.63) is 18.2 Å². The average molecular weight is 134 g/mol. The Morgan fingerprint density at radius 3 is 2.70 bits per heavy atom. The van der Waals surface area contributed by atoms with Crippen molar-refractivity contribution in [2.45, 2.75) is 0 Å². The van der Waals surface area contributed by atoms with Crippen molar-refractivity contribution in [3.63, 3.8) is 0 Å². The summed E-state index contributed by atoms with van der Waals surface area (Å²) in [5.41, 5.74) is 8.66. The summed E-state index contributed by atoms with van der Waals surface area (Å²) in [5, 5.41) is 3.01. The minimum Gasteiger partial charge on any atom is -0.397 e. The van der Waals surface area contributed by atoms with Crippen LogP contribution < -0.4 is 16.5 Å². The molecule has 10 heavy (non-hydrogen) atoms. The zero-order valence-electron chi connectivity index (χ0n) is 6.31. The molecule has 0 aromatic heterocycles.